The van der Waals surface area contributed by atoms with E-state index in [1.807, 2.05) is 37.3 Å². The molecule has 0 aliphatic carbocycles. The van der Waals surface area contributed by atoms with Crippen LogP contribution in [-0.2, 0) is 6.18 Å². The standard InChI is InChI=1S/C28H23F3N4O2/c1-16(2)18-7-9-21(10-8-18)35-33-23-13-17(3)22(15-24(23)34-35)32-27(36)26-12-11-25(37-26)19-5-4-6-20(14-19)28(29,30)31/h4-16H,1-3H3,(H,32,36). The van der Waals surface area contributed by atoms with E-state index in [2.05, 4.69) is 29.4 Å². The van der Waals surface area contributed by atoms with Gasteiger partial charge in [-0.2, -0.15) is 18.0 Å². The summed E-state index contributed by atoms with van der Waals surface area (Å²) in [5.74, 6) is 0.0239. The Kier molecular flexibility index (Phi) is 6.07. The van der Waals surface area contributed by atoms with Crippen LogP contribution in [-0.4, -0.2) is 20.9 Å². The quantitative estimate of drug-likeness (QED) is 0.271. The SMILES string of the molecule is Cc1cc2nn(-c3ccc(C(C)C)cc3)nc2cc1NC(=O)c1ccc(-c2cccc(C(F)(F)F)c2)o1. The van der Waals surface area contributed by atoms with E-state index in [-0.39, 0.29) is 17.1 Å². The minimum absolute atomic E-state index is 0.0270. The maximum absolute atomic E-state index is 13.0. The van der Waals surface area contributed by atoms with Crippen molar-refractivity contribution in [3.05, 3.63) is 95.2 Å². The van der Waals surface area contributed by atoms with Crippen molar-refractivity contribution in [3.8, 4) is 17.0 Å². The van der Waals surface area contributed by atoms with Crippen LogP contribution in [0.5, 0.6) is 0 Å². The maximum atomic E-state index is 13.0. The molecule has 0 bridgehead atoms. The van der Waals surface area contributed by atoms with Crippen LogP contribution in [0.1, 0.15) is 47.0 Å². The minimum Gasteiger partial charge on any atom is -0.451 e. The lowest BCUT2D eigenvalue weighted by Gasteiger charge is -2.08. The third-order valence-electron chi connectivity index (χ3n) is 6.07. The van der Waals surface area contributed by atoms with E-state index >= 15 is 0 Å². The average Bonchev–Trinajstić information content (AvgIpc) is 3.51. The molecule has 5 aromatic rings. The average molecular weight is 505 g/mol. The van der Waals surface area contributed by atoms with Crippen molar-refractivity contribution >= 4 is 22.6 Å². The van der Waals surface area contributed by atoms with Crippen LogP contribution in [0.3, 0.4) is 0 Å². The number of nitrogens with one attached hydrogen (secondary N) is 1. The molecule has 0 fully saturated rings. The number of aryl methyl sites for hydroxylation is 1. The lowest BCUT2D eigenvalue weighted by atomic mass is 10.0. The van der Waals surface area contributed by atoms with Crippen LogP contribution >= 0.6 is 0 Å². The summed E-state index contributed by atoms with van der Waals surface area (Å²) in [6, 6.07) is 19.2. The number of amides is 1. The zero-order valence-corrected chi connectivity index (χ0v) is 20.3. The van der Waals surface area contributed by atoms with Crippen molar-refractivity contribution in [2.45, 2.75) is 32.9 Å². The largest absolute Gasteiger partial charge is 0.451 e. The van der Waals surface area contributed by atoms with E-state index < -0.39 is 17.6 Å². The number of carbonyl (C=O) groups excluding carboxylic acids is 1. The first kappa shape index (κ1) is 24.3. The van der Waals surface area contributed by atoms with Gasteiger partial charge in [0.15, 0.2) is 5.76 Å². The number of fused-ring (bicyclic) bond motifs is 1. The Labute approximate surface area is 210 Å². The van der Waals surface area contributed by atoms with E-state index in [0.717, 1.165) is 23.4 Å². The molecule has 0 unspecified atom stereocenters. The highest BCUT2D eigenvalue weighted by atomic mass is 19.4. The fourth-order valence-corrected chi connectivity index (χ4v) is 3.96. The topological polar surface area (TPSA) is 73.0 Å². The van der Waals surface area contributed by atoms with Gasteiger partial charge in [-0.1, -0.05) is 38.1 Å². The predicted octanol–water partition coefficient (Wildman–Crippen LogP) is 7.38. The smallest absolute Gasteiger partial charge is 0.416 e. The predicted molar refractivity (Wildman–Crippen MR) is 135 cm³/mol. The highest BCUT2D eigenvalue weighted by molar-refractivity contribution is 6.04. The lowest BCUT2D eigenvalue weighted by molar-refractivity contribution is -0.137. The van der Waals surface area contributed by atoms with Gasteiger partial charge in [-0.3, -0.25) is 4.79 Å². The Hall–Kier alpha value is -4.40. The summed E-state index contributed by atoms with van der Waals surface area (Å²) >= 11 is 0. The second kappa shape index (κ2) is 9.24. The van der Waals surface area contributed by atoms with E-state index in [0.29, 0.717) is 22.6 Å². The fraction of sp³-hybridized carbons (Fsp3) is 0.179. The number of nitrogens with zero attached hydrogens (tertiary/aromatic N) is 3. The van der Waals surface area contributed by atoms with Gasteiger partial charge in [0.1, 0.15) is 16.8 Å². The second-order valence-electron chi connectivity index (χ2n) is 9.09. The molecule has 1 N–H and O–H groups in total. The molecular weight excluding hydrogens is 481 g/mol. The molecule has 3 aromatic carbocycles. The Balaban J connectivity index is 1.37. The second-order valence-corrected chi connectivity index (χ2v) is 9.09. The molecule has 188 valence electrons. The number of alkyl halides is 3. The van der Waals surface area contributed by atoms with Gasteiger partial charge in [-0.15, -0.1) is 10.2 Å². The lowest BCUT2D eigenvalue weighted by Crippen LogP contribution is -2.11. The van der Waals surface area contributed by atoms with Crippen LogP contribution in [0.4, 0.5) is 18.9 Å². The van der Waals surface area contributed by atoms with E-state index in [1.54, 1.807) is 10.9 Å². The van der Waals surface area contributed by atoms with Gasteiger partial charge in [0.25, 0.3) is 5.91 Å². The maximum Gasteiger partial charge on any atom is 0.416 e. The molecule has 2 aromatic heterocycles. The number of aromatic nitrogens is 3. The summed E-state index contributed by atoms with van der Waals surface area (Å²) in [5, 5.41) is 11.9. The first-order chi connectivity index (χ1) is 17.6. The molecular formula is C28H23F3N4O2. The molecule has 37 heavy (non-hydrogen) atoms. The Morgan fingerprint density at radius 2 is 1.65 bits per heavy atom. The molecule has 0 aliphatic heterocycles. The monoisotopic (exact) mass is 504 g/mol. The number of rotatable bonds is 5. The molecule has 0 atom stereocenters. The van der Waals surface area contributed by atoms with Gasteiger partial charge < -0.3 is 9.73 Å². The molecule has 0 saturated carbocycles. The summed E-state index contributed by atoms with van der Waals surface area (Å²) in [6.07, 6.45) is -4.47. The summed E-state index contributed by atoms with van der Waals surface area (Å²) in [6.45, 7) is 6.09. The van der Waals surface area contributed by atoms with Crippen LogP contribution in [0.25, 0.3) is 28.0 Å². The van der Waals surface area contributed by atoms with Gasteiger partial charge in [0.05, 0.1) is 11.3 Å². The molecule has 5 rings (SSSR count). The van der Waals surface area contributed by atoms with Crippen molar-refractivity contribution < 1.29 is 22.4 Å². The normalized spacial score (nSPS) is 11.9. The van der Waals surface area contributed by atoms with Gasteiger partial charge in [0.2, 0.25) is 0 Å². The van der Waals surface area contributed by atoms with Crippen LogP contribution in [0, 0.1) is 6.92 Å². The van der Waals surface area contributed by atoms with Crippen molar-refractivity contribution in [3.63, 3.8) is 0 Å². The highest BCUT2D eigenvalue weighted by Gasteiger charge is 2.30. The van der Waals surface area contributed by atoms with Crippen LogP contribution in [0.2, 0.25) is 0 Å². The number of halogens is 3. The summed E-state index contributed by atoms with van der Waals surface area (Å²) in [7, 11) is 0. The van der Waals surface area contributed by atoms with Crippen LogP contribution in [0.15, 0.2) is 77.2 Å². The Morgan fingerprint density at radius 3 is 2.32 bits per heavy atom. The molecule has 6 nitrogen and oxygen atoms in total. The fourth-order valence-electron chi connectivity index (χ4n) is 3.96. The van der Waals surface area contributed by atoms with Gasteiger partial charge in [0, 0.05) is 11.3 Å². The van der Waals surface area contributed by atoms with Gasteiger partial charge in [-0.25, -0.2) is 0 Å². The van der Waals surface area contributed by atoms with Crippen LogP contribution < -0.4 is 5.32 Å². The number of furan rings is 1. The number of anilines is 1. The zero-order chi connectivity index (χ0) is 26.3. The summed E-state index contributed by atoms with van der Waals surface area (Å²) in [4.78, 5) is 14.4. The summed E-state index contributed by atoms with van der Waals surface area (Å²) < 4.78 is 44.7. The molecule has 0 saturated heterocycles. The van der Waals surface area contributed by atoms with E-state index in [1.165, 1.54) is 29.8 Å². The minimum atomic E-state index is -4.47. The number of hydrogen-bond acceptors (Lipinski definition) is 4. The number of hydrogen-bond donors (Lipinski definition) is 1. The Morgan fingerprint density at radius 1 is 0.946 bits per heavy atom. The molecule has 0 radical (unpaired) electrons. The summed E-state index contributed by atoms with van der Waals surface area (Å²) in [5.41, 5.74) is 4.04. The van der Waals surface area contributed by atoms with Crippen molar-refractivity contribution in [1.82, 2.24) is 15.0 Å². The molecule has 0 spiro atoms. The third kappa shape index (κ3) is 4.97. The first-order valence-electron chi connectivity index (χ1n) is 11.7. The third-order valence-corrected chi connectivity index (χ3v) is 6.07. The van der Waals surface area contributed by atoms with E-state index in [4.69, 9.17) is 4.42 Å². The Bertz CT molecular complexity index is 1600. The molecule has 2 heterocycles. The highest BCUT2D eigenvalue weighted by Crippen LogP contribution is 2.33. The van der Waals surface area contributed by atoms with Crippen molar-refractivity contribution in [1.29, 1.82) is 0 Å². The van der Waals surface area contributed by atoms with Crippen molar-refractivity contribution in [2.24, 2.45) is 0 Å². The molecule has 1 amide bonds. The molecule has 9 heteroatoms. The molecule has 0 aliphatic rings. The van der Waals surface area contributed by atoms with Gasteiger partial charge in [-0.05, 0) is 72.5 Å². The first-order valence-corrected chi connectivity index (χ1v) is 11.7. The number of carbonyl (C=O) groups is 1. The van der Waals surface area contributed by atoms with Gasteiger partial charge >= 0.3 is 6.18 Å². The zero-order valence-electron chi connectivity index (χ0n) is 20.3. The van der Waals surface area contributed by atoms with Crippen molar-refractivity contribution in [2.75, 3.05) is 5.32 Å². The van der Waals surface area contributed by atoms with E-state index in [9.17, 15) is 18.0 Å². The number of benzene rings is 3.